The molecule has 0 unspecified atom stereocenters. The zero-order valence-corrected chi connectivity index (χ0v) is 17.1. The number of carbonyl (C=O) groups excluding carboxylic acids is 4. The maximum Gasteiger partial charge on any atom is 0.303 e. The van der Waals surface area contributed by atoms with Crippen molar-refractivity contribution in [1.82, 2.24) is 0 Å². The van der Waals surface area contributed by atoms with Crippen LogP contribution in [0.5, 0.6) is 5.75 Å². The molecule has 5 atom stereocenters. The summed E-state index contributed by atoms with van der Waals surface area (Å²) in [5, 5.41) is 10.9. The first-order chi connectivity index (χ1) is 14.5. The Bertz CT molecular complexity index is 884. The Balaban J connectivity index is 2.43. The van der Waals surface area contributed by atoms with Crippen molar-refractivity contribution in [2.45, 2.75) is 58.4 Å². The van der Waals surface area contributed by atoms with Crippen LogP contribution in [0.15, 0.2) is 18.2 Å². The van der Waals surface area contributed by atoms with E-state index in [1.165, 1.54) is 13.0 Å². The minimum absolute atomic E-state index is 0.0949. The number of non-ortho nitro benzene ring substituents is 1. The summed E-state index contributed by atoms with van der Waals surface area (Å²) in [7, 11) is 0. The lowest BCUT2D eigenvalue weighted by molar-refractivity contribution is -0.384. The Morgan fingerprint density at radius 3 is 2.06 bits per heavy atom. The van der Waals surface area contributed by atoms with Crippen molar-refractivity contribution < 1.29 is 47.8 Å². The second-order valence-corrected chi connectivity index (χ2v) is 6.65. The van der Waals surface area contributed by atoms with Gasteiger partial charge < -0.3 is 23.7 Å². The summed E-state index contributed by atoms with van der Waals surface area (Å²) in [5.41, 5.74) is -0.491. The quantitative estimate of drug-likeness (QED) is 0.198. The van der Waals surface area contributed by atoms with Crippen LogP contribution in [0, 0.1) is 10.1 Å². The number of aldehydes is 1. The van der Waals surface area contributed by atoms with Crippen LogP contribution in [0.25, 0.3) is 0 Å². The molecule has 1 aliphatic heterocycles. The molecule has 0 spiro atoms. The molecule has 0 N–H and O–H groups in total. The smallest absolute Gasteiger partial charge is 0.303 e. The van der Waals surface area contributed by atoms with Gasteiger partial charge in [0.25, 0.3) is 5.69 Å². The largest absolute Gasteiger partial charge is 0.460 e. The molecule has 2 rings (SSSR count). The van der Waals surface area contributed by atoms with E-state index >= 15 is 0 Å². The molecule has 0 amide bonds. The number of carbonyl (C=O) groups is 4. The molecule has 12 nitrogen and oxygen atoms in total. The van der Waals surface area contributed by atoms with Gasteiger partial charge in [-0.15, -0.1) is 0 Å². The molecule has 1 heterocycles. The van der Waals surface area contributed by atoms with Crippen molar-refractivity contribution in [2.24, 2.45) is 0 Å². The molecule has 0 radical (unpaired) electrons. The summed E-state index contributed by atoms with van der Waals surface area (Å²) in [5.74, 6) is -2.29. The number of rotatable bonds is 7. The van der Waals surface area contributed by atoms with Crippen molar-refractivity contribution in [2.75, 3.05) is 0 Å². The molecular weight excluding hydrogens is 418 g/mol. The Morgan fingerprint density at radius 1 is 1.00 bits per heavy atom. The van der Waals surface area contributed by atoms with E-state index in [1.807, 2.05) is 0 Å². The molecule has 1 saturated heterocycles. The van der Waals surface area contributed by atoms with E-state index in [1.54, 1.807) is 0 Å². The second kappa shape index (κ2) is 9.98. The lowest BCUT2D eigenvalue weighted by Crippen LogP contribution is -2.62. The van der Waals surface area contributed by atoms with Gasteiger partial charge >= 0.3 is 17.9 Å². The first-order valence-electron chi connectivity index (χ1n) is 9.10. The molecule has 1 fully saturated rings. The SMILES string of the molecule is CC(=O)O[C@H]1[C@H](OC(C)=O)[C@H](Oc2ccc([N+](=O)[O-])cc2C=O)O[C@@H](C)[C@@H]1OC(C)=O. The molecule has 0 bridgehead atoms. The van der Waals surface area contributed by atoms with Crippen LogP contribution in [0.2, 0.25) is 0 Å². The number of hydrogen-bond acceptors (Lipinski definition) is 11. The summed E-state index contributed by atoms with van der Waals surface area (Å²) >= 11 is 0. The minimum atomic E-state index is -1.39. The van der Waals surface area contributed by atoms with Crippen LogP contribution in [-0.2, 0) is 33.3 Å². The number of nitro groups is 1. The number of nitro benzene ring substituents is 1. The summed E-state index contributed by atoms with van der Waals surface area (Å²) in [4.78, 5) is 56.5. The van der Waals surface area contributed by atoms with Crippen molar-refractivity contribution >= 4 is 29.9 Å². The first-order valence-corrected chi connectivity index (χ1v) is 9.10. The van der Waals surface area contributed by atoms with Gasteiger partial charge in [0.05, 0.1) is 16.6 Å². The predicted octanol–water partition coefficient (Wildman–Crippen LogP) is 1.33. The van der Waals surface area contributed by atoms with Crippen molar-refractivity contribution in [3.63, 3.8) is 0 Å². The number of benzene rings is 1. The zero-order chi connectivity index (χ0) is 23.3. The van der Waals surface area contributed by atoms with Gasteiger partial charge in [0, 0.05) is 32.9 Å². The molecule has 1 aliphatic rings. The number of esters is 3. The van der Waals surface area contributed by atoms with E-state index in [0.29, 0.717) is 6.29 Å². The first kappa shape index (κ1) is 23.7. The van der Waals surface area contributed by atoms with Crippen LogP contribution in [0.3, 0.4) is 0 Å². The van der Waals surface area contributed by atoms with Gasteiger partial charge in [-0.3, -0.25) is 29.3 Å². The molecule has 12 heteroatoms. The van der Waals surface area contributed by atoms with Gasteiger partial charge in [-0.2, -0.15) is 0 Å². The van der Waals surface area contributed by atoms with E-state index in [4.69, 9.17) is 23.7 Å². The van der Waals surface area contributed by atoms with Gasteiger partial charge in [0.15, 0.2) is 18.5 Å². The Hall–Kier alpha value is -3.54. The Labute approximate surface area is 176 Å². The van der Waals surface area contributed by atoms with Crippen LogP contribution < -0.4 is 4.74 Å². The maximum absolute atomic E-state index is 11.7. The summed E-state index contributed by atoms with van der Waals surface area (Å²) in [6.07, 6.45) is -5.69. The normalized spacial score (nSPS) is 25.1. The third kappa shape index (κ3) is 5.98. The van der Waals surface area contributed by atoms with Gasteiger partial charge in [-0.25, -0.2) is 0 Å². The topological polar surface area (TPSA) is 158 Å². The van der Waals surface area contributed by atoms with Crippen molar-refractivity contribution in [1.29, 1.82) is 0 Å². The average molecular weight is 439 g/mol. The van der Waals surface area contributed by atoms with E-state index in [0.717, 1.165) is 32.9 Å². The predicted molar refractivity (Wildman–Crippen MR) is 100 cm³/mol. The highest BCUT2D eigenvalue weighted by molar-refractivity contribution is 5.80. The monoisotopic (exact) mass is 439 g/mol. The second-order valence-electron chi connectivity index (χ2n) is 6.65. The van der Waals surface area contributed by atoms with Crippen LogP contribution in [0.1, 0.15) is 38.1 Å². The van der Waals surface area contributed by atoms with Crippen molar-refractivity contribution in [3.8, 4) is 5.75 Å². The number of hydrogen-bond donors (Lipinski definition) is 0. The third-order valence-electron chi connectivity index (χ3n) is 4.21. The van der Waals surface area contributed by atoms with Gasteiger partial charge in [-0.1, -0.05) is 0 Å². The molecule has 168 valence electrons. The summed E-state index contributed by atoms with van der Waals surface area (Å²) in [6, 6.07) is 3.29. The highest BCUT2D eigenvalue weighted by atomic mass is 16.7. The Kier molecular flexibility index (Phi) is 7.64. The summed E-state index contributed by atoms with van der Waals surface area (Å²) in [6.45, 7) is 4.88. The van der Waals surface area contributed by atoms with Gasteiger partial charge in [0.1, 0.15) is 5.75 Å². The maximum atomic E-state index is 11.7. The minimum Gasteiger partial charge on any atom is -0.460 e. The molecule has 1 aromatic carbocycles. The third-order valence-corrected chi connectivity index (χ3v) is 4.21. The van der Waals surface area contributed by atoms with Gasteiger partial charge in [0.2, 0.25) is 12.4 Å². The lowest BCUT2D eigenvalue weighted by Gasteiger charge is -2.43. The van der Waals surface area contributed by atoms with Crippen LogP contribution in [0.4, 0.5) is 5.69 Å². The van der Waals surface area contributed by atoms with Crippen molar-refractivity contribution in [3.05, 3.63) is 33.9 Å². The van der Waals surface area contributed by atoms with E-state index in [9.17, 15) is 29.3 Å². The molecule has 0 aromatic heterocycles. The number of nitrogens with zero attached hydrogens (tertiary/aromatic N) is 1. The molecule has 1 aromatic rings. The van der Waals surface area contributed by atoms with Crippen LogP contribution >= 0.6 is 0 Å². The summed E-state index contributed by atoms with van der Waals surface area (Å²) < 4.78 is 27.0. The molecule has 0 saturated carbocycles. The van der Waals surface area contributed by atoms with Crippen LogP contribution in [-0.4, -0.2) is 59.8 Å². The van der Waals surface area contributed by atoms with Gasteiger partial charge in [-0.05, 0) is 13.0 Å². The zero-order valence-electron chi connectivity index (χ0n) is 17.1. The van der Waals surface area contributed by atoms with E-state index in [2.05, 4.69) is 0 Å². The highest BCUT2D eigenvalue weighted by Gasteiger charge is 2.51. The van der Waals surface area contributed by atoms with E-state index < -0.39 is 53.5 Å². The fourth-order valence-corrected chi connectivity index (χ4v) is 3.04. The van der Waals surface area contributed by atoms with E-state index in [-0.39, 0.29) is 17.0 Å². The standard InChI is InChI=1S/C19H21NO11/c1-9-16(28-10(2)22)17(29-11(3)23)18(30-12(4)24)19(27-9)31-15-6-5-14(20(25)26)7-13(15)8-21/h5-9,16-19H,1-4H3/t9-,16-,17+,18-,19-/m0/s1. The fourth-order valence-electron chi connectivity index (χ4n) is 3.04. The molecule has 0 aliphatic carbocycles. The molecular formula is C19H21NO11. The highest BCUT2D eigenvalue weighted by Crippen LogP contribution is 2.32. The Morgan fingerprint density at radius 2 is 1.55 bits per heavy atom. The average Bonchev–Trinajstić information content (AvgIpc) is 2.66. The molecule has 31 heavy (non-hydrogen) atoms. The lowest BCUT2D eigenvalue weighted by atomic mass is 9.98. The number of ether oxygens (including phenoxy) is 5. The fraction of sp³-hybridized carbons (Fsp3) is 0.474.